The average Bonchev–Trinajstić information content (AvgIpc) is 2.36. The lowest BCUT2D eigenvalue weighted by molar-refractivity contribution is -0.222. The van der Waals surface area contributed by atoms with Gasteiger partial charge in [-0.1, -0.05) is 24.3 Å². The van der Waals surface area contributed by atoms with Crippen LogP contribution in [0.15, 0.2) is 35.8 Å². The zero-order valence-corrected chi connectivity index (χ0v) is 11.5. The summed E-state index contributed by atoms with van der Waals surface area (Å²) in [6, 6.07) is 7.45. The first-order valence-electron chi connectivity index (χ1n) is 6.64. The van der Waals surface area contributed by atoms with E-state index in [1.165, 1.54) is 0 Å². The third-order valence-electron chi connectivity index (χ3n) is 3.53. The van der Waals surface area contributed by atoms with Gasteiger partial charge >= 0.3 is 5.97 Å². The topological polar surface area (TPSA) is 67.8 Å². The fourth-order valence-electron chi connectivity index (χ4n) is 2.68. The molecule has 0 saturated carbocycles. The molecule has 1 aromatic rings. The second kappa shape index (κ2) is 4.52. The van der Waals surface area contributed by atoms with E-state index in [4.69, 9.17) is 9.47 Å². The summed E-state index contributed by atoms with van der Waals surface area (Å²) in [6.07, 6.45) is 0.891. The zero-order valence-electron chi connectivity index (χ0n) is 11.5. The number of ether oxygens (including phenoxy) is 2. The highest BCUT2D eigenvalue weighted by Gasteiger charge is 2.41. The second-order valence-corrected chi connectivity index (χ2v) is 5.45. The van der Waals surface area contributed by atoms with Crippen LogP contribution in [-0.4, -0.2) is 23.4 Å². The molecule has 2 aliphatic heterocycles. The lowest BCUT2D eigenvalue weighted by Crippen LogP contribution is -2.42. The van der Waals surface area contributed by atoms with E-state index in [1.54, 1.807) is 13.8 Å². The zero-order chi connectivity index (χ0) is 14.3. The Morgan fingerprint density at radius 2 is 2.05 bits per heavy atom. The van der Waals surface area contributed by atoms with Gasteiger partial charge in [-0.2, -0.15) is 0 Å². The van der Waals surface area contributed by atoms with E-state index >= 15 is 0 Å². The van der Waals surface area contributed by atoms with Gasteiger partial charge in [-0.25, -0.2) is 4.79 Å². The van der Waals surface area contributed by atoms with Gasteiger partial charge in [0.1, 0.15) is 5.57 Å². The molecule has 2 heterocycles. The van der Waals surface area contributed by atoms with Crippen molar-refractivity contribution in [3.05, 3.63) is 46.9 Å². The van der Waals surface area contributed by atoms with E-state index in [0.717, 1.165) is 24.1 Å². The number of carbonyl (C=O) groups is 1. The molecule has 3 rings (SSSR count). The van der Waals surface area contributed by atoms with Crippen LogP contribution in [0.25, 0.3) is 0 Å². The number of fused-ring (bicyclic) bond motifs is 1. The van der Waals surface area contributed by atoms with Gasteiger partial charge in [0, 0.05) is 20.4 Å². The van der Waals surface area contributed by atoms with E-state index < -0.39 is 17.8 Å². The molecule has 0 bridgehead atoms. The van der Waals surface area contributed by atoms with Crippen molar-refractivity contribution in [1.82, 2.24) is 5.32 Å². The molecule has 106 valence electrons. The van der Waals surface area contributed by atoms with Crippen LogP contribution in [0, 0.1) is 0 Å². The number of hydrogen-bond acceptors (Lipinski definition) is 5. The number of aliphatic hydroxyl groups is 1. The summed E-state index contributed by atoms with van der Waals surface area (Å²) >= 11 is 0. The van der Waals surface area contributed by atoms with Gasteiger partial charge < -0.3 is 19.9 Å². The maximum Gasteiger partial charge on any atom is 0.346 e. The molecule has 0 amide bonds. The van der Waals surface area contributed by atoms with Crippen LogP contribution in [0.3, 0.4) is 0 Å². The van der Waals surface area contributed by atoms with E-state index in [9.17, 15) is 9.90 Å². The number of cyclic esters (lactones) is 1. The molecular weight excluding hydrogens is 258 g/mol. The van der Waals surface area contributed by atoms with Gasteiger partial charge in [-0.15, -0.1) is 0 Å². The van der Waals surface area contributed by atoms with Crippen molar-refractivity contribution >= 4 is 5.97 Å². The number of nitrogens with one attached hydrogen (secondary N) is 1. The van der Waals surface area contributed by atoms with Crippen LogP contribution in [-0.2, 0) is 20.7 Å². The molecule has 0 spiro atoms. The molecule has 1 unspecified atom stereocenters. The van der Waals surface area contributed by atoms with Gasteiger partial charge in [-0.05, 0) is 17.5 Å². The molecule has 5 nitrogen and oxygen atoms in total. The summed E-state index contributed by atoms with van der Waals surface area (Å²) in [5, 5.41) is 13.3. The monoisotopic (exact) mass is 275 g/mol. The molecule has 0 aliphatic carbocycles. The minimum absolute atomic E-state index is 0.136. The van der Waals surface area contributed by atoms with Crippen molar-refractivity contribution in [1.29, 1.82) is 0 Å². The highest BCUT2D eigenvalue weighted by atomic mass is 16.8. The number of hydrogen-bond donors (Lipinski definition) is 2. The minimum Gasteiger partial charge on any atom is -0.480 e. The highest BCUT2D eigenvalue weighted by Crippen LogP contribution is 2.35. The van der Waals surface area contributed by atoms with Gasteiger partial charge in [0.25, 0.3) is 11.7 Å². The molecule has 0 aromatic heterocycles. The van der Waals surface area contributed by atoms with Crippen molar-refractivity contribution < 1.29 is 19.4 Å². The van der Waals surface area contributed by atoms with Crippen LogP contribution in [0.1, 0.15) is 31.0 Å². The Hall–Kier alpha value is -2.01. The van der Waals surface area contributed by atoms with Gasteiger partial charge in [0.2, 0.25) is 0 Å². The predicted molar refractivity (Wildman–Crippen MR) is 71.8 cm³/mol. The molecule has 5 heteroatoms. The van der Waals surface area contributed by atoms with Gasteiger partial charge in [0.05, 0.1) is 6.04 Å². The number of benzene rings is 1. The molecule has 0 radical (unpaired) electrons. The fourth-order valence-corrected chi connectivity index (χ4v) is 2.68. The Kier molecular flexibility index (Phi) is 2.94. The van der Waals surface area contributed by atoms with E-state index in [-0.39, 0.29) is 11.5 Å². The normalized spacial score (nSPS) is 24.7. The molecule has 2 N–H and O–H groups in total. The largest absolute Gasteiger partial charge is 0.480 e. The van der Waals surface area contributed by atoms with Crippen molar-refractivity contribution in [2.45, 2.75) is 32.1 Å². The van der Waals surface area contributed by atoms with Crippen LogP contribution in [0.2, 0.25) is 0 Å². The number of esters is 1. The number of rotatable bonds is 1. The van der Waals surface area contributed by atoms with E-state index in [2.05, 4.69) is 5.32 Å². The van der Waals surface area contributed by atoms with E-state index in [1.807, 2.05) is 24.3 Å². The molecule has 0 saturated heterocycles. The first-order chi connectivity index (χ1) is 9.48. The van der Waals surface area contributed by atoms with Crippen molar-refractivity contribution in [3.63, 3.8) is 0 Å². The van der Waals surface area contributed by atoms with Crippen LogP contribution < -0.4 is 5.32 Å². The predicted octanol–water partition coefficient (Wildman–Crippen LogP) is 1.95. The smallest absolute Gasteiger partial charge is 0.346 e. The minimum atomic E-state index is -1.14. The lowest BCUT2D eigenvalue weighted by atomic mass is 9.89. The van der Waals surface area contributed by atoms with Gasteiger partial charge in [0.15, 0.2) is 0 Å². The number of aliphatic hydroxyl groups excluding tert-OH is 1. The Morgan fingerprint density at radius 3 is 2.80 bits per heavy atom. The fraction of sp³-hybridized carbons (Fsp3) is 0.400. The first kappa shape index (κ1) is 13.0. The Bertz CT molecular complexity index is 591. The maximum absolute atomic E-state index is 12.2. The summed E-state index contributed by atoms with van der Waals surface area (Å²) in [4.78, 5) is 12.2. The molecule has 0 fully saturated rings. The molecule has 20 heavy (non-hydrogen) atoms. The average molecular weight is 275 g/mol. The lowest BCUT2D eigenvalue weighted by Gasteiger charge is -2.35. The Labute approximate surface area is 117 Å². The Morgan fingerprint density at radius 1 is 1.30 bits per heavy atom. The molecule has 2 aliphatic rings. The summed E-state index contributed by atoms with van der Waals surface area (Å²) in [5.41, 5.74) is 2.27. The SMILES string of the molecule is CC1(C)OC(=O)C(C2NCCc3ccccc32)=C(O)O1. The standard InChI is InChI=1S/C15H17NO4/c1-15(2)19-13(17)11(14(18)20-15)12-10-6-4-3-5-9(10)7-8-16-12/h3-6,12,16-17H,7-8H2,1-2H3. The molecule has 1 atom stereocenters. The molecule has 1 aromatic carbocycles. The van der Waals surface area contributed by atoms with Crippen LogP contribution in [0.5, 0.6) is 0 Å². The quantitative estimate of drug-likeness (QED) is 0.767. The van der Waals surface area contributed by atoms with Crippen LogP contribution in [0.4, 0.5) is 0 Å². The van der Waals surface area contributed by atoms with Crippen LogP contribution >= 0.6 is 0 Å². The Balaban J connectivity index is 2.04. The first-order valence-corrected chi connectivity index (χ1v) is 6.64. The summed E-state index contributed by atoms with van der Waals surface area (Å²) in [6.45, 7) is 3.90. The number of carbonyl (C=O) groups excluding carboxylic acids is 1. The van der Waals surface area contributed by atoms with Crippen molar-refractivity contribution in [3.8, 4) is 0 Å². The molecular formula is C15H17NO4. The highest BCUT2D eigenvalue weighted by molar-refractivity contribution is 5.91. The van der Waals surface area contributed by atoms with Crippen molar-refractivity contribution in [2.24, 2.45) is 0 Å². The summed E-state index contributed by atoms with van der Waals surface area (Å²) < 4.78 is 10.5. The van der Waals surface area contributed by atoms with Crippen molar-refractivity contribution in [2.75, 3.05) is 6.54 Å². The maximum atomic E-state index is 12.2. The summed E-state index contributed by atoms with van der Waals surface area (Å²) in [7, 11) is 0. The summed E-state index contributed by atoms with van der Waals surface area (Å²) in [5.74, 6) is -2.05. The van der Waals surface area contributed by atoms with Gasteiger partial charge in [-0.3, -0.25) is 0 Å². The second-order valence-electron chi connectivity index (χ2n) is 5.45. The third-order valence-corrected chi connectivity index (χ3v) is 3.53. The third kappa shape index (κ3) is 2.14. The van der Waals surface area contributed by atoms with E-state index in [0.29, 0.717) is 0 Å².